The molecule has 10 heteroatoms. The maximum atomic E-state index is 13.7. The molecule has 0 bridgehead atoms. The Labute approximate surface area is 229 Å². The molecule has 0 radical (unpaired) electrons. The van der Waals surface area contributed by atoms with Crippen molar-refractivity contribution in [2.24, 2.45) is 0 Å². The fourth-order valence-corrected chi connectivity index (χ4v) is 4.37. The number of carbonyl (C=O) groups is 2. The second-order valence-electron chi connectivity index (χ2n) is 10.2. The molecule has 1 aliphatic carbocycles. The predicted octanol–water partition coefficient (Wildman–Crippen LogP) is 7.38. The molecular weight excluding hydrogens is 535 g/mol. The van der Waals surface area contributed by atoms with Crippen molar-refractivity contribution in [1.29, 1.82) is 0 Å². The van der Waals surface area contributed by atoms with Crippen molar-refractivity contribution in [3.63, 3.8) is 0 Å². The molecule has 1 fully saturated rings. The minimum atomic E-state index is -2.75. The number of carbonyl (C=O) groups excluding carboxylic acids is 2. The lowest BCUT2D eigenvalue weighted by molar-refractivity contribution is -0.0399. The Balaban J connectivity index is 1.84. The van der Waals surface area contributed by atoms with Gasteiger partial charge in [0.05, 0.1) is 11.4 Å². The number of esters is 1. The molecule has 1 heterocycles. The molecule has 1 amide bonds. The molecule has 1 saturated carbocycles. The first kappa shape index (κ1) is 27.9. The van der Waals surface area contributed by atoms with Gasteiger partial charge in [0.15, 0.2) is 11.4 Å². The van der Waals surface area contributed by atoms with E-state index in [0.29, 0.717) is 32.6 Å². The van der Waals surface area contributed by atoms with E-state index in [1.165, 1.54) is 0 Å². The van der Waals surface area contributed by atoms with Crippen LogP contribution in [0.4, 0.5) is 8.78 Å². The average Bonchev–Trinajstić information content (AvgIpc) is 2.84. The zero-order chi connectivity index (χ0) is 27.7. The molecule has 38 heavy (non-hydrogen) atoms. The third kappa shape index (κ3) is 6.85. The van der Waals surface area contributed by atoms with E-state index in [4.69, 9.17) is 27.9 Å². The van der Waals surface area contributed by atoms with Gasteiger partial charge in [-0.2, -0.15) is 0 Å². The summed E-state index contributed by atoms with van der Waals surface area (Å²) in [6, 6.07) is 13.1. The van der Waals surface area contributed by atoms with Crippen LogP contribution < -0.4 is 5.32 Å². The van der Waals surface area contributed by atoms with Crippen LogP contribution in [-0.4, -0.2) is 39.4 Å². The molecule has 0 spiro atoms. The molecule has 4 rings (SSSR count). The number of halogens is 4. The Hall–Kier alpha value is -3.10. The van der Waals surface area contributed by atoms with Crippen LogP contribution in [0.25, 0.3) is 22.5 Å². The topological polar surface area (TPSA) is 81.2 Å². The van der Waals surface area contributed by atoms with E-state index < -0.39 is 29.4 Å². The van der Waals surface area contributed by atoms with Gasteiger partial charge < -0.3 is 10.1 Å². The molecule has 200 valence electrons. The molecule has 6 nitrogen and oxygen atoms in total. The molecule has 0 atom stereocenters. The Kier molecular flexibility index (Phi) is 8.04. The van der Waals surface area contributed by atoms with Crippen molar-refractivity contribution >= 4 is 35.1 Å². The number of aromatic nitrogens is 2. The largest absolute Gasteiger partial charge is 0.455 e. The van der Waals surface area contributed by atoms with Crippen LogP contribution in [0.3, 0.4) is 0 Å². The Morgan fingerprint density at radius 3 is 1.76 bits per heavy atom. The van der Waals surface area contributed by atoms with E-state index in [9.17, 15) is 18.4 Å². The summed E-state index contributed by atoms with van der Waals surface area (Å²) in [6.45, 7) is 5.09. The van der Waals surface area contributed by atoms with E-state index in [-0.39, 0.29) is 37.1 Å². The van der Waals surface area contributed by atoms with Crippen LogP contribution in [0.5, 0.6) is 0 Å². The van der Waals surface area contributed by atoms with Crippen molar-refractivity contribution in [3.05, 3.63) is 70.0 Å². The van der Waals surface area contributed by atoms with Crippen LogP contribution in [0.1, 0.15) is 67.4 Å². The summed E-state index contributed by atoms with van der Waals surface area (Å²) in [5, 5.41) is 3.78. The van der Waals surface area contributed by atoms with E-state index in [0.717, 1.165) is 0 Å². The summed E-state index contributed by atoms with van der Waals surface area (Å²) in [6.07, 6.45) is -0.427. The normalized spacial score (nSPS) is 15.7. The third-order valence-electron chi connectivity index (χ3n) is 5.99. The first-order chi connectivity index (χ1) is 17.8. The van der Waals surface area contributed by atoms with E-state index in [1.54, 1.807) is 69.3 Å². The monoisotopic (exact) mass is 561 g/mol. The maximum Gasteiger partial charge on any atom is 0.359 e. The zero-order valence-electron chi connectivity index (χ0n) is 21.2. The summed E-state index contributed by atoms with van der Waals surface area (Å²) in [5.41, 5.74) is 0.486. The standard InChI is InChI=1S/C28H27Cl2F2N3O3/c1-27(2,3)38-26(37)24-23(25(36)33-20-12-14-28(31,32)15-13-20)34-21(16-4-8-18(29)9-5-16)22(35-24)17-6-10-19(30)11-7-17/h4-11,20H,12-15H2,1-3H3,(H,33,36). The minimum Gasteiger partial charge on any atom is -0.455 e. The van der Waals surface area contributed by atoms with Crippen LogP contribution in [0.2, 0.25) is 10.0 Å². The highest BCUT2D eigenvalue weighted by atomic mass is 35.5. The van der Waals surface area contributed by atoms with Gasteiger partial charge in [0.2, 0.25) is 5.92 Å². The predicted molar refractivity (Wildman–Crippen MR) is 143 cm³/mol. The van der Waals surface area contributed by atoms with Gasteiger partial charge in [0.1, 0.15) is 5.60 Å². The number of hydrogen-bond acceptors (Lipinski definition) is 5. The lowest BCUT2D eigenvalue weighted by atomic mass is 9.92. The van der Waals surface area contributed by atoms with Crippen molar-refractivity contribution in [2.75, 3.05) is 0 Å². The van der Waals surface area contributed by atoms with E-state index in [2.05, 4.69) is 15.3 Å². The summed E-state index contributed by atoms with van der Waals surface area (Å²) in [5.74, 6) is -4.26. The van der Waals surface area contributed by atoms with Crippen molar-refractivity contribution < 1.29 is 23.1 Å². The minimum absolute atomic E-state index is 0.112. The number of benzene rings is 2. The number of amides is 1. The number of ether oxygens (including phenoxy) is 1. The molecule has 1 aliphatic rings. The Morgan fingerprint density at radius 1 is 0.868 bits per heavy atom. The molecule has 0 unspecified atom stereocenters. The summed E-state index contributed by atoms with van der Waals surface area (Å²) in [7, 11) is 0. The molecular formula is C28H27Cl2F2N3O3. The van der Waals surface area contributed by atoms with Crippen LogP contribution >= 0.6 is 23.2 Å². The van der Waals surface area contributed by atoms with Crippen molar-refractivity contribution in [3.8, 4) is 22.5 Å². The second kappa shape index (κ2) is 10.9. The van der Waals surface area contributed by atoms with Gasteiger partial charge in [0.25, 0.3) is 5.91 Å². The van der Waals surface area contributed by atoms with Crippen molar-refractivity contribution in [1.82, 2.24) is 15.3 Å². The number of hydrogen-bond donors (Lipinski definition) is 1. The van der Waals surface area contributed by atoms with Gasteiger partial charge in [-0.3, -0.25) is 4.79 Å². The summed E-state index contributed by atoms with van der Waals surface area (Å²) < 4.78 is 32.8. The first-order valence-corrected chi connectivity index (χ1v) is 12.9. The van der Waals surface area contributed by atoms with Gasteiger partial charge in [-0.25, -0.2) is 23.5 Å². The lowest BCUT2D eigenvalue weighted by Gasteiger charge is -2.29. The second-order valence-corrected chi connectivity index (χ2v) is 11.1. The molecule has 1 aromatic heterocycles. The summed E-state index contributed by atoms with van der Waals surface area (Å²) >= 11 is 12.2. The lowest BCUT2D eigenvalue weighted by Crippen LogP contribution is -2.41. The van der Waals surface area contributed by atoms with Gasteiger partial charge in [0, 0.05) is 40.1 Å². The van der Waals surface area contributed by atoms with Crippen molar-refractivity contribution in [2.45, 2.75) is 64.0 Å². The average molecular weight is 562 g/mol. The maximum absolute atomic E-state index is 13.7. The molecule has 1 N–H and O–H groups in total. The van der Waals surface area contributed by atoms with Crippen LogP contribution in [-0.2, 0) is 4.74 Å². The van der Waals surface area contributed by atoms with Crippen LogP contribution in [0, 0.1) is 0 Å². The van der Waals surface area contributed by atoms with E-state index >= 15 is 0 Å². The SMILES string of the molecule is CC(C)(C)OC(=O)c1nc(-c2ccc(Cl)cc2)c(-c2ccc(Cl)cc2)nc1C(=O)NC1CCC(F)(F)CC1. The molecule has 3 aromatic rings. The molecule has 2 aromatic carbocycles. The third-order valence-corrected chi connectivity index (χ3v) is 6.49. The molecule has 0 aliphatic heterocycles. The number of alkyl halides is 2. The number of nitrogens with zero attached hydrogens (tertiary/aromatic N) is 2. The highest BCUT2D eigenvalue weighted by Crippen LogP contribution is 2.34. The fraction of sp³-hybridized carbons (Fsp3) is 0.357. The van der Waals surface area contributed by atoms with Gasteiger partial charge in [-0.15, -0.1) is 0 Å². The smallest absolute Gasteiger partial charge is 0.359 e. The Morgan fingerprint density at radius 2 is 1.32 bits per heavy atom. The quantitative estimate of drug-likeness (QED) is 0.328. The number of nitrogens with one attached hydrogen (secondary N) is 1. The number of rotatable bonds is 5. The van der Waals surface area contributed by atoms with Gasteiger partial charge in [-0.05, 0) is 57.9 Å². The van der Waals surface area contributed by atoms with Gasteiger partial charge >= 0.3 is 5.97 Å². The van der Waals surface area contributed by atoms with E-state index in [1.807, 2.05) is 0 Å². The first-order valence-electron chi connectivity index (χ1n) is 12.2. The highest BCUT2D eigenvalue weighted by Gasteiger charge is 2.36. The summed E-state index contributed by atoms with van der Waals surface area (Å²) in [4.78, 5) is 35.9. The molecule has 0 saturated heterocycles. The Bertz CT molecular complexity index is 1330. The zero-order valence-corrected chi connectivity index (χ0v) is 22.7. The van der Waals surface area contributed by atoms with Crippen LogP contribution in [0.15, 0.2) is 48.5 Å². The fourth-order valence-electron chi connectivity index (χ4n) is 4.12. The van der Waals surface area contributed by atoms with Gasteiger partial charge in [-0.1, -0.05) is 47.5 Å². The highest BCUT2D eigenvalue weighted by molar-refractivity contribution is 6.31.